The van der Waals surface area contributed by atoms with Crippen LogP contribution in [0.2, 0.25) is 0 Å². The summed E-state index contributed by atoms with van der Waals surface area (Å²) in [6, 6.07) is -0.698. The average Bonchev–Trinajstić information content (AvgIpc) is 2.73. The minimum absolute atomic E-state index is 0.00632. The third-order valence-electron chi connectivity index (χ3n) is 6.96. The van der Waals surface area contributed by atoms with E-state index >= 15 is 0 Å². The minimum Gasteiger partial charge on any atom is -0.353 e. The molecule has 174 valence electrons. The molecule has 2 fully saturated rings. The summed E-state index contributed by atoms with van der Waals surface area (Å²) < 4.78 is 30.8. The Morgan fingerprint density at radius 3 is 2.52 bits per heavy atom. The van der Waals surface area contributed by atoms with Gasteiger partial charge < -0.3 is 9.88 Å². The van der Waals surface area contributed by atoms with Gasteiger partial charge in [0.15, 0.2) is 4.90 Å². The molecule has 1 aliphatic carbocycles. The van der Waals surface area contributed by atoms with Crippen LogP contribution < -0.4 is 16.6 Å². The second-order valence-corrected chi connectivity index (χ2v) is 10.9. The summed E-state index contributed by atoms with van der Waals surface area (Å²) in [6.45, 7) is 5.78. The highest BCUT2D eigenvalue weighted by atomic mass is 32.2. The number of carbonyl (C=O) groups excluding carboxylic acids is 1. The van der Waals surface area contributed by atoms with Crippen LogP contribution in [0, 0.1) is 11.8 Å². The van der Waals surface area contributed by atoms with E-state index in [4.69, 9.17) is 0 Å². The molecule has 5 atom stereocenters. The second-order valence-electron chi connectivity index (χ2n) is 9.11. The molecule has 0 unspecified atom stereocenters. The molecule has 3 rings (SSSR count). The molecular formula is C21H34N4O5S. The van der Waals surface area contributed by atoms with Crippen LogP contribution in [-0.4, -0.2) is 45.9 Å². The Hall–Kier alpha value is -1.94. The van der Waals surface area contributed by atoms with Crippen molar-refractivity contribution in [3.63, 3.8) is 0 Å². The van der Waals surface area contributed by atoms with Crippen LogP contribution in [0.15, 0.2) is 20.7 Å². The van der Waals surface area contributed by atoms with E-state index in [2.05, 4.69) is 5.32 Å². The first-order valence-corrected chi connectivity index (χ1v) is 12.5. The SMILES string of the molecule is CC[C@H](C)NC(=O)[C@@H]1C[C@H](C)N(S(=O)(=O)c2cn(C)c(=O)n(C)c2=O)[C@H]2CCCC[C@@H]12. The highest BCUT2D eigenvalue weighted by Gasteiger charge is 2.50. The van der Waals surface area contributed by atoms with Crippen LogP contribution in [0.25, 0.3) is 0 Å². The van der Waals surface area contributed by atoms with Crippen molar-refractivity contribution in [3.8, 4) is 0 Å². The van der Waals surface area contributed by atoms with Crippen molar-refractivity contribution in [2.45, 2.75) is 82.3 Å². The monoisotopic (exact) mass is 454 g/mol. The molecule has 1 amide bonds. The van der Waals surface area contributed by atoms with Gasteiger partial charge in [-0.3, -0.25) is 14.2 Å². The van der Waals surface area contributed by atoms with Crippen LogP contribution >= 0.6 is 0 Å². The number of aryl methyl sites for hydroxylation is 1. The molecular weight excluding hydrogens is 420 g/mol. The average molecular weight is 455 g/mol. The Morgan fingerprint density at radius 1 is 1.23 bits per heavy atom. The standard InChI is InChI=1S/C21H34N4O5S/c1-6-13(2)22-19(26)16-11-14(3)25(17-10-8-7-9-15(16)17)31(29,30)18-12-23(4)21(28)24(5)20(18)27/h12-17H,6-11H2,1-5H3,(H,22,26)/t13-,14-,15-,16+,17-/m0/s1. The number of piperidine rings is 1. The van der Waals surface area contributed by atoms with Gasteiger partial charge in [0, 0.05) is 44.3 Å². The van der Waals surface area contributed by atoms with Crippen molar-refractivity contribution in [3.05, 3.63) is 27.0 Å². The number of fused-ring (bicyclic) bond motifs is 1. The number of carbonyl (C=O) groups is 1. The topological polar surface area (TPSA) is 110 Å². The number of aromatic nitrogens is 2. The molecule has 31 heavy (non-hydrogen) atoms. The maximum atomic E-state index is 13.7. The molecule has 1 saturated heterocycles. The van der Waals surface area contributed by atoms with Crippen molar-refractivity contribution in [2.75, 3.05) is 0 Å². The maximum absolute atomic E-state index is 13.7. The number of hydrogen-bond acceptors (Lipinski definition) is 5. The Bertz CT molecular complexity index is 1060. The molecule has 2 aliphatic rings. The van der Waals surface area contributed by atoms with E-state index < -0.39 is 32.2 Å². The van der Waals surface area contributed by atoms with E-state index in [0.717, 1.165) is 41.0 Å². The first-order valence-electron chi connectivity index (χ1n) is 11.1. The molecule has 1 saturated carbocycles. The Morgan fingerprint density at radius 2 is 1.87 bits per heavy atom. The zero-order valence-corrected chi connectivity index (χ0v) is 19.8. The highest BCUT2D eigenvalue weighted by molar-refractivity contribution is 7.89. The largest absolute Gasteiger partial charge is 0.353 e. The fourth-order valence-electron chi connectivity index (χ4n) is 5.13. The van der Waals surface area contributed by atoms with Gasteiger partial charge in [-0.15, -0.1) is 0 Å². The van der Waals surface area contributed by atoms with Gasteiger partial charge in [-0.1, -0.05) is 19.8 Å². The number of nitrogens with one attached hydrogen (secondary N) is 1. The first kappa shape index (κ1) is 23.7. The van der Waals surface area contributed by atoms with E-state index in [9.17, 15) is 22.8 Å². The van der Waals surface area contributed by atoms with E-state index in [1.807, 2.05) is 13.8 Å². The van der Waals surface area contributed by atoms with E-state index in [1.165, 1.54) is 18.4 Å². The Kier molecular flexibility index (Phi) is 6.81. The van der Waals surface area contributed by atoms with Crippen molar-refractivity contribution >= 4 is 15.9 Å². The lowest BCUT2D eigenvalue weighted by Gasteiger charge is -2.49. The molecule has 1 aromatic heterocycles. The number of sulfonamides is 1. The fourth-order valence-corrected chi connectivity index (χ4v) is 7.19. The highest BCUT2D eigenvalue weighted by Crippen LogP contribution is 2.43. The van der Waals surface area contributed by atoms with Crippen LogP contribution in [0.5, 0.6) is 0 Å². The molecule has 0 bridgehead atoms. The Labute approximate surface area is 183 Å². The summed E-state index contributed by atoms with van der Waals surface area (Å²) in [7, 11) is -1.43. The lowest BCUT2D eigenvalue weighted by Crippen LogP contribution is -2.60. The molecule has 0 radical (unpaired) electrons. The first-order chi connectivity index (χ1) is 14.5. The third kappa shape index (κ3) is 4.24. The van der Waals surface area contributed by atoms with Crippen molar-refractivity contribution < 1.29 is 13.2 Å². The summed E-state index contributed by atoms with van der Waals surface area (Å²) in [6.07, 6.45) is 5.64. The summed E-state index contributed by atoms with van der Waals surface area (Å²) in [5, 5.41) is 3.07. The number of nitrogens with zero attached hydrogens (tertiary/aromatic N) is 3. The lowest BCUT2D eigenvalue weighted by molar-refractivity contribution is -0.131. The third-order valence-corrected chi connectivity index (χ3v) is 8.98. The fraction of sp³-hybridized carbons (Fsp3) is 0.762. The van der Waals surface area contributed by atoms with Gasteiger partial charge in [0.25, 0.3) is 15.6 Å². The van der Waals surface area contributed by atoms with E-state index in [0.29, 0.717) is 12.8 Å². The normalized spacial score (nSPS) is 28.0. The van der Waals surface area contributed by atoms with Crippen LogP contribution in [0.4, 0.5) is 0 Å². The molecule has 1 aliphatic heterocycles. The van der Waals surface area contributed by atoms with Gasteiger partial charge in [0.1, 0.15) is 0 Å². The number of amides is 1. The van der Waals surface area contributed by atoms with E-state index in [1.54, 1.807) is 6.92 Å². The van der Waals surface area contributed by atoms with Gasteiger partial charge in [-0.2, -0.15) is 4.31 Å². The zero-order chi connectivity index (χ0) is 23.1. The molecule has 0 spiro atoms. The summed E-state index contributed by atoms with van der Waals surface area (Å²) in [5.74, 6) is -0.336. The quantitative estimate of drug-likeness (QED) is 0.712. The maximum Gasteiger partial charge on any atom is 0.330 e. The van der Waals surface area contributed by atoms with Crippen LogP contribution in [0.1, 0.15) is 59.3 Å². The minimum atomic E-state index is -4.14. The predicted molar refractivity (Wildman–Crippen MR) is 117 cm³/mol. The van der Waals surface area contributed by atoms with E-state index in [-0.39, 0.29) is 29.8 Å². The Balaban J connectivity index is 2.02. The van der Waals surface area contributed by atoms with Gasteiger partial charge in [-0.05, 0) is 45.4 Å². The van der Waals surface area contributed by atoms with Gasteiger partial charge in [0.2, 0.25) is 5.91 Å². The molecule has 2 heterocycles. The predicted octanol–water partition coefficient (Wildman–Crippen LogP) is 0.957. The zero-order valence-electron chi connectivity index (χ0n) is 19.0. The van der Waals surface area contributed by atoms with Crippen molar-refractivity contribution in [1.82, 2.24) is 18.8 Å². The van der Waals surface area contributed by atoms with Gasteiger partial charge >= 0.3 is 5.69 Å². The van der Waals surface area contributed by atoms with Gasteiger partial charge in [-0.25, -0.2) is 13.2 Å². The summed E-state index contributed by atoms with van der Waals surface area (Å²) in [4.78, 5) is 37.4. The van der Waals surface area contributed by atoms with Crippen LogP contribution in [0.3, 0.4) is 0 Å². The number of hydrogen-bond donors (Lipinski definition) is 1. The molecule has 0 aromatic carbocycles. The smallest absolute Gasteiger partial charge is 0.330 e. The van der Waals surface area contributed by atoms with Gasteiger partial charge in [0.05, 0.1) is 0 Å². The molecule has 9 nitrogen and oxygen atoms in total. The summed E-state index contributed by atoms with van der Waals surface area (Å²) >= 11 is 0. The van der Waals surface area contributed by atoms with Crippen molar-refractivity contribution in [1.29, 1.82) is 0 Å². The molecule has 1 N–H and O–H groups in total. The second kappa shape index (κ2) is 8.90. The molecule has 10 heteroatoms. The number of rotatable bonds is 5. The van der Waals surface area contributed by atoms with Crippen molar-refractivity contribution in [2.24, 2.45) is 25.9 Å². The summed E-state index contributed by atoms with van der Waals surface area (Å²) in [5.41, 5.74) is -1.40. The molecule has 1 aromatic rings. The van der Waals surface area contributed by atoms with Crippen LogP contribution in [-0.2, 0) is 28.9 Å². The lowest BCUT2D eigenvalue weighted by atomic mass is 9.70.